The van der Waals surface area contributed by atoms with Gasteiger partial charge in [0.1, 0.15) is 12.7 Å². The maximum Gasteiger partial charge on any atom is 0.249 e. The number of aliphatic hydroxyl groups excluding tert-OH is 1. The van der Waals surface area contributed by atoms with Crippen molar-refractivity contribution in [3.8, 4) is 11.8 Å². The Kier molecular flexibility index (Phi) is 5.16. The van der Waals surface area contributed by atoms with Gasteiger partial charge in [-0.25, -0.2) is 0 Å². The first-order valence-electron chi connectivity index (χ1n) is 6.82. The van der Waals surface area contributed by atoms with Crippen molar-refractivity contribution in [1.82, 2.24) is 5.32 Å². The average molecular weight is 273 g/mol. The molecule has 1 aliphatic rings. The monoisotopic (exact) mass is 273 g/mol. The summed E-state index contributed by atoms with van der Waals surface area (Å²) in [5.74, 6) is 5.40. The molecule has 20 heavy (non-hydrogen) atoms. The van der Waals surface area contributed by atoms with Crippen LogP contribution in [0.5, 0.6) is 0 Å². The molecule has 1 aliphatic heterocycles. The smallest absolute Gasteiger partial charge is 0.249 e. The first-order chi connectivity index (χ1) is 9.70. The highest BCUT2D eigenvalue weighted by Crippen LogP contribution is 2.16. The molecule has 0 radical (unpaired) electrons. The standard InChI is InChI=1S/C16H19NO3/c1-12(17-16(19)15-5-3-11-20-15)14-8-6-13(7-9-14)4-2-10-18/h6-9,12,15,18H,3,5,10-11H2,1H3,(H,17,19). The van der Waals surface area contributed by atoms with E-state index in [0.29, 0.717) is 6.61 Å². The summed E-state index contributed by atoms with van der Waals surface area (Å²) in [4.78, 5) is 12.0. The van der Waals surface area contributed by atoms with Crippen molar-refractivity contribution in [3.63, 3.8) is 0 Å². The predicted molar refractivity (Wildman–Crippen MR) is 75.9 cm³/mol. The van der Waals surface area contributed by atoms with Crippen molar-refractivity contribution in [3.05, 3.63) is 35.4 Å². The van der Waals surface area contributed by atoms with E-state index in [1.54, 1.807) is 0 Å². The molecule has 2 rings (SSSR count). The molecule has 0 spiro atoms. The Morgan fingerprint density at radius 1 is 1.50 bits per heavy atom. The Labute approximate surface area is 119 Å². The third-order valence-corrected chi connectivity index (χ3v) is 3.30. The fourth-order valence-electron chi connectivity index (χ4n) is 2.17. The SMILES string of the molecule is CC(NC(=O)C1CCCO1)c1ccc(C#CCO)cc1. The number of carbonyl (C=O) groups excluding carboxylic acids is 1. The van der Waals surface area contributed by atoms with E-state index in [4.69, 9.17) is 9.84 Å². The third kappa shape index (κ3) is 3.83. The summed E-state index contributed by atoms with van der Waals surface area (Å²) in [5, 5.41) is 11.6. The molecule has 1 saturated heterocycles. The second kappa shape index (κ2) is 7.09. The number of rotatable bonds is 3. The molecule has 2 unspecified atom stereocenters. The van der Waals surface area contributed by atoms with Crippen LogP contribution in [0.15, 0.2) is 24.3 Å². The zero-order chi connectivity index (χ0) is 14.4. The minimum Gasteiger partial charge on any atom is -0.384 e. The highest BCUT2D eigenvalue weighted by Gasteiger charge is 2.24. The molecule has 2 atom stereocenters. The molecule has 1 fully saturated rings. The molecule has 4 nitrogen and oxygen atoms in total. The van der Waals surface area contributed by atoms with Crippen molar-refractivity contribution in [2.24, 2.45) is 0 Å². The number of amides is 1. The lowest BCUT2D eigenvalue weighted by Gasteiger charge is -2.17. The lowest BCUT2D eigenvalue weighted by molar-refractivity contribution is -0.130. The van der Waals surface area contributed by atoms with Gasteiger partial charge in [0.25, 0.3) is 0 Å². The molecule has 0 saturated carbocycles. The van der Waals surface area contributed by atoms with Gasteiger partial charge < -0.3 is 15.2 Å². The Hall–Kier alpha value is -1.83. The van der Waals surface area contributed by atoms with Crippen LogP contribution in [0.3, 0.4) is 0 Å². The number of nitrogens with one attached hydrogen (secondary N) is 1. The Balaban J connectivity index is 1.94. The molecule has 0 bridgehead atoms. The first kappa shape index (κ1) is 14.6. The maximum atomic E-state index is 12.0. The Morgan fingerprint density at radius 2 is 2.25 bits per heavy atom. The van der Waals surface area contributed by atoms with Gasteiger partial charge in [0.15, 0.2) is 0 Å². The molecule has 2 N–H and O–H groups in total. The number of hydrogen-bond acceptors (Lipinski definition) is 3. The third-order valence-electron chi connectivity index (χ3n) is 3.30. The summed E-state index contributed by atoms with van der Waals surface area (Å²) in [6, 6.07) is 7.56. The van der Waals surface area contributed by atoms with E-state index < -0.39 is 0 Å². The molecule has 4 heteroatoms. The highest BCUT2D eigenvalue weighted by molar-refractivity contribution is 5.81. The minimum atomic E-state index is -0.299. The van der Waals surface area contributed by atoms with Crippen LogP contribution in [0.25, 0.3) is 0 Å². The summed E-state index contributed by atoms with van der Waals surface area (Å²) in [6.07, 6.45) is 1.45. The lowest BCUT2D eigenvalue weighted by Crippen LogP contribution is -2.35. The van der Waals surface area contributed by atoms with Crippen LogP contribution in [0.2, 0.25) is 0 Å². The van der Waals surface area contributed by atoms with Crippen LogP contribution in [0, 0.1) is 11.8 Å². The summed E-state index contributed by atoms with van der Waals surface area (Å²) in [5.41, 5.74) is 1.87. The minimum absolute atomic E-state index is 0.0425. The van der Waals surface area contributed by atoms with Gasteiger partial charge in [-0.1, -0.05) is 24.0 Å². The quantitative estimate of drug-likeness (QED) is 0.818. The van der Waals surface area contributed by atoms with Gasteiger partial charge in [0.2, 0.25) is 5.91 Å². The summed E-state index contributed by atoms with van der Waals surface area (Å²) < 4.78 is 5.36. The molecule has 0 aliphatic carbocycles. The van der Waals surface area contributed by atoms with E-state index >= 15 is 0 Å². The molecule has 106 valence electrons. The van der Waals surface area contributed by atoms with Gasteiger partial charge in [-0.3, -0.25) is 4.79 Å². The zero-order valence-electron chi connectivity index (χ0n) is 11.6. The van der Waals surface area contributed by atoms with Crippen molar-refractivity contribution in [2.75, 3.05) is 13.2 Å². The number of ether oxygens (including phenoxy) is 1. The molecule has 1 amide bonds. The molecular formula is C16H19NO3. The van der Waals surface area contributed by atoms with Crippen LogP contribution in [0.4, 0.5) is 0 Å². The van der Waals surface area contributed by atoms with E-state index in [1.165, 1.54) is 0 Å². The van der Waals surface area contributed by atoms with E-state index in [-0.39, 0.29) is 24.7 Å². The van der Waals surface area contributed by atoms with Gasteiger partial charge >= 0.3 is 0 Å². The molecule has 1 aromatic rings. The van der Waals surface area contributed by atoms with Crippen LogP contribution in [-0.4, -0.2) is 30.3 Å². The first-order valence-corrected chi connectivity index (χ1v) is 6.82. The zero-order valence-corrected chi connectivity index (χ0v) is 11.6. The van der Waals surface area contributed by atoms with Crippen molar-refractivity contribution >= 4 is 5.91 Å². The maximum absolute atomic E-state index is 12.0. The largest absolute Gasteiger partial charge is 0.384 e. The molecular weight excluding hydrogens is 254 g/mol. The van der Waals surface area contributed by atoms with Gasteiger partial charge in [0.05, 0.1) is 6.04 Å². The fraction of sp³-hybridized carbons (Fsp3) is 0.438. The van der Waals surface area contributed by atoms with Crippen molar-refractivity contribution in [2.45, 2.75) is 31.9 Å². The van der Waals surface area contributed by atoms with Gasteiger partial charge in [-0.2, -0.15) is 0 Å². The fourth-order valence-corrected chi connectivity index (χ4v) is 2.17. The Morgan fingerprint density at radius 3 is 2.85 bits per heavy atom. The van der Waals surface area contributed by atoms with Crippen LogP contribution in [0.1, 0.15) is 36.9 Å². The normalized spacial score (nSPS) is 19.0. The molecule has 1 aromatic carbocycles. The van der Waals surface area contributed by atoms with E-state index in [2.05, 4.69) is 17.2 Å². The van der Waals surface area contributed by atoms with Crippen LogP contribution >= 0.6 is 0 Å². The van der Waals surface area contributed by atoms with Crippen molar-refractivity contribution in [1.29, 1.82) is 0 Å². The molecule has 0 aromatic heterocycles. The van der Waals surface area contributed by atoms with Crippen molar-refractivity contribution < 1.29 is 14.6 Å². The average Bonchev–Trinajstić information content (AvgIpc) is 3.00. The topological polar surface area (TPSA) is 58.6 Å². The number of hydrogen-bond donors (Lipinski definition) is 2. The van der Waals surface area contributed by atoms with Crippen LogP contribution < -0.4 is 5.32 Å². The van der Waals surface area contributed by atoms with E-state index in [1.807, 2.05) is 31.2 Å². The lowest BCUT2D eigenvalue weighted by atomic mass is 10.1. The Bertz CT molecular complexity index is 507. The summed E-state index contributed by atoms with van der Waals surface area (Å²) in [6.45, 7) is 2.47. The highest BCUT2D eigenvalue weighted by atomic mass is 16.5. The van der Waals surface area contributed by atoms with Crippen LogP contribution in [-0.2, 0) is 9.53 Å². The second-order valence-electron chi connectivity index (χ2n) is 4.81. The predicted octanol–water partition coefficient (Wildman–Crippen LogP) is 1.39. The van der Waals surface area contributed by atoms with Gasteiger partial charge in [-0.05, 0) is 37.5 Å². The number of benzene rings is 1. The van der Waals surface area contributed by atoms with E-state index in [0.717, 1.165) is 24.0 Å². The number of aliphatic hydroxyl groups is 1. The van der Waals surface area contributed by atoms with E-state index in [9.17, 15) is 4.79 Å². The van der Waals surface area contributed by atoms with Gasteiger partial charge in [0, 0.05) is 12.2 Å². The second-order valence-corrected chi connectivity index (χ2v) is 4.81. The summed E-state index contributed by atoms with van der Waals surface area (Å²) >= 11 is 0. The number of carbonyl (C=O) groups is 1. The van der Waals surface area contributed by atoms with Gasteiger partial charge in [-0.15, -0.1) is 0 Å². The molecule has 1 heterocycles. The summed E-state index contributed by atoms with van der Waals surface area (Å²) in [7, 11) is 0.